The molecule has 0 aliphatic carbocycles. The van der Waals surface area contributed by atoms with Crippen molar-refractivity contribution >= 4 is 12.0 Å². The summed E-state index contributed by atoms with van der Waals surface area (Å²) < 4.78 is 13.3. The second-order valence-corrected chi connectivity index (χ2v) is 3.70. The van der Waals surface area contributed by atoms with Crippen LogP contribution in [-0.2, 0) is 0 Å². The van der Waals surface area contributed by atoms with E-state index >= 15 is 0 Å². The Balaban J connectivity index is 2.01. The number of carbonyl (C=O) groups is 1. The first-order valence-corrected chi connectivity index (χ1v) is 5.54. The van der Waals surface area contributed by atoms with Crippen molar-refractivity contribution in [1.29, 1.82) is 0 Å². The van der Waals surface area contributed by atoms with Crippen LogP contribution < -0.4 is 5.32 Å². The Kier molecular flexibility index (Phi) is 3.86. The van der Waals surface area contributed by atoms with Crippen LogP contribution in [0.25, 0.3) is 6.08 Å². The zero-order valence-electron chi connectivity index (χ0n) is 9.64. The maximum atomic E-state index is 13.3. The van der Waals surface area contributed by atoms with Gasteiger partial charge in [-0.1, -0.05) is 42.5 Å². The van der Waals surface area contributed by atoms with Crippen molar-refractivity contribution in [2.24, 2.45) is 0 Å². The molecule has 0 fully saturated rings. The molecule has 2 rings (SSSR count). The van der Waals surface area contributed by atoms with Gasteiger partial charge >= 0.3 is 0 Å². The molecule has 0 saturated carbocycles. The summed E-state index contributed by atoms with van der Waals surface area (Å²) in [5.74, 6) is -0.983. The van der Waals surface area contributed by atoms with E-state index in [-0.39, 0.29) is 5.56 Å². The zero-order valence-corrected chi connectivity index (χ0v) is 9.64. The van der Waals surface area contributed by atoms with Crippen LogP contribution in [-0.4, -0.2) is 5.91 Å². The highest BCUT2D eigenvalue weighted by molar-refractivity contribution is 5.95. The lowest BCUT2D eigenvalue weighted by Gasteiger charge is -2.01. The van der Waals surface area contributed by atoms with Gasteiger partial charge < -0.3 is 5.32 Å². The van der Waals surface area contributed by atoms with E-state index in [1.165, 1.54) is 18.3 Å². The SMILES string of the molecule is O=C(NC=Cc1ccccc1)c1ccccc1F. The molecule has 2 aromatic carbocycles. The molecule has 0 heterocycles. The number of hydrogen-bond donors (Lipinski definition) is 1. The lowest BCUT2D eigenvalue weighted by molar-refractivity contribution is 0.0966. The summed E-state index contributed by atoms with van der Waals surface area (Å²) in [5.41, 5.74) is 1.00. The van der Waals surface area contributed by atoms with Crippen molar-refractivity contribution in [3.8, 4) is 0 Å². The first kappa shape index (κ1) is 12.0. The molecule has 0 spiro atoms. The Morgan fingerprint density at radius 2 is 1.67 bits per heavy atom. The minimum Gasteiger partial charge on any atom is -0.328 e. The number of nitrogens with one attached hydrogen (secondary N) is 1. The molecule has 0 atom stereocenters. The molecule has 90 valence electrons. The molecule has 0 unspecified atom stereocenters. The Labute approximate surface area is 105 Å². The van der Waals surface area contributed by atoms with E-state index in [1.807, 2.05) is 30.3 Å². The van der Waals surface area contributed by atoms with Crippen molar-refractivity contribution < 1.29 is 9.18 Å². The average Bonchev–Trinajstić information content (AvgIpc) is 2.40. The molecule has 1 N–H and O–H groups in total. The minimum atomic E-state index is -0.525. The summed E-state index contributed by atoms with van der Waals surface area (Å²) in [7, 11) is 0. The maximum absolute atomic E-state index is 13.3. The van der Waals surface area contributed by atoms with Gasteiger partial charge in [0.15, 0.2) is 0 Å². The molecule has 2 aromatic rings. The predicted octanol–water partition coefficient (Wildman–Crippen LogP) is 3.23. The second kappa shape index (κ2) is 5.77. The number of hydrogen-bond acceptors (Lipinski definition) is 1. The molecule has 0 saturated heterocycles. The molecular weight excluding hydrogens is 229 g/mol. The highest BCUT2D eigenvalue weighted by atomic mass is 19.1. The summed E-state index contributed by atoms with van der Waals surface area (Å²) in [6, 6.07) is 15.4. The lowest BCUT2D eigenvalue weighted by Crippen LogP contribution is -2.18. The molecule has 0 aliphatic heterocycles. The van der Waals surface area contributed by atoms with Gasteiger partial charge in [-0.15, -0.1) is 0 Å². The van der Waals surface area contributed by atoms with Crippen molar-refractivity contribution in [3.05, 3.63) is 77.7 Å². The van der Waals surface area contributed by atoms with Gasteiger partial charge in [0.2, 0.25) is 0 Å². The fourth-order valence-corrected chi connectivity index (χ4v) is 1.50. The fraction of sp³-hybridized carbons (Fsp3) is 0. The third-order valence-corrected chi connectivity index (χ3v) is 2.41. The van der Waals surface area contributed by atoms with E-state index in [2.05, 4.69) is 5.32 Å². The molecule has 2 nitrogen and oxygen atoms in total. The fourth-order valence-electron chi connectivity index (χ4n) is 1.50. The number of carbonyl (C=O) groups excluding carboxylic acids is 1. The normalized spacial score (nSPS) is 10.5. The molecule has 3 heteroatoms. The van der Waals surface area contributed by atoms with E-state index < -0.39 is 11.7 Å². The smallest absolute Gasteiger partial charge is 0.258 e. The summed E-state index contributed by atoms with van der Waals surface area (Å²) in [5, 5.41) is 2.53. The van der Waals surface area contributed by atoms with E-state index in [4.69, 9.17) is 0 Å². The molecule has 18 heavy (non-hydrogen) atoms. The van der Waals surface area contributed by atoms with Crippen molar-refractivity contribution in [2.75, 3.05) is 0 Å². The van der Waals surface area contributed by atoms with Gasteiger partial charge in [-0.3, -0.25) is 4.79 Å². The first-order chi connectivity index (χ1) is 8.77. The van der Waals surface area contributed by atoms with Gasteiger partial charge in [0.1, 0.15) is 5.82 Å². The minimum absolute atomic E-state index is 0.0372. The lowest BCUT2D eigenvalue weighted by atomic mass is 10.2. The molecule has 0 aromatic heterocycles. The number of halogens is 1. The van der Waals surface area contributed by atoms with Crippen molar-refractivity contribution in [3.63, 3.8) is 0 Å². The van der Waals surface area contributed by atoms with E-state index in [9.17, 15) is 9.18 Å². The highest BCUT2D eigenvalue weighted by Gasteiger charge is 2.08. The van der Waals surface area contributed by atoms with Crippen LogP contribution in [0.5, 0.6) is 0 Å². The highest BCUT2D eigenvalue weighted by Crippen LogP contribution is 2.06. The number of benzene rings is 2. The Morgan fingerprint density at radius 3 is 2.39 bits per heavy atom. The summed E-state index contributed by atoms with van der Waals surface area (Å²) in [4.78, 5) is 11.7. The first-order valence-electron chi connectivity index (χ1n) is 5.54. The van der Waals surface area contributed by atoms with E-state index in [1.54, 1.807) is 18.2 Å². The topological polar surface area (TPSA) is 29.1 Å². The van der Waals surface area contributed by atoms with Gasteiger partial charge in [-0.05, 0) is 23.8 Å². The van der Waals surface area contributed by atoms with Gasteiger partial charge in [0, 0.05) is 6.20 Å². The Hall–Kier alpha value is -2.42. The van der Waals surface area contributed by atoms with Crippen LogP contribution in [0.2, 0.25) is 0 Å². The van der Waals surface area contributed by atoms with Gasteiger partial charge in [0.25, 0.3) is 5.91 Å². The van der Waals surface area contributed by atoms with Crippen molar-refractivity contribution in [2.45, 2.75) is 0 Å². The van der Waals surface area contributed by atoms with E-state index in [0.29, 0.717) is 0 Å². The van der Waals surface area contributed by atoms with Crippen molar-refractivity contribution in [1.82, 2.24) is 5.32 Å². The molecule has 1 amide bonds. The third kappa shape index (κ3) is 3.04. The van der Waals surface area contributed by atoms with Crippen LogP contribution in [0.4, 0.5) is 4.39 Å². The summed E-state index contributed by atoms with van der Waals surface area (Å²) in [6.45, 7) is 0. The van der Waals surface area contributed by atoms with Crippen LogP contribution in [0.3, 0.4) is 0 Å². The summed E-state index contributed by atoms with van der Waals surface area (Å²) in [6.07, 6.45) is 3.25. The zero-order chi connectivity index (χ0) is 12.8. The van der Waals surface area contributed by atoms with Gasteiger partial charge in [-0.25, -0.2) is 4.39 Å². The predicted molar refractivity (Wildman–Crippen MR) is 69.3 cm³/mol. The Bertz CT molecular complexity index is 564. The molecule has 0 radical (unpaired) electrons. The number of amides is 1. The monoisotopic (exact) mass is 241 g/mol. The second-order valence-electron chi connectivity index (χ2n) is 3.70. The van der Waals surface area contributed by atoms with E-state index in [0.717, 1.165) is 5.56 Å². The average molecular weight is 241 g/mol. The van der Waals surface area contributed by atoms with Crippen LogP contribution in [0, 0.1) is 5.82 Å². The molecule has 0 aliphatic rings. The van der Waals surface area contributed by atoms with Crippen LogP contribution in [0.15, 0.2) is 60.8 Å². The largest absolute Gasteiger partial charge is 0.328 e. The maximum Gasteiger partial charge on any atom is 0.258 e. The molecule has 0 bridgehead atoms. The molecular formula is C15H12FNO. The van der Waals surface area contributed by atoms with Gasteiger partial charge in [-0.2, -0.15) is 0 Å². The van der Waals surface area contributed by atoms with Crippen LogP contribution >= 0.6 is 0 Å². The third-order valence-electron chi connectivity index (χ3n) is 2.41. The Morgan fingerprint density at radius 1 is 1.00 bits per heavy atom. The standard InChI is InChI=1S/C15H12FNO/c16-14-9-5-4-8-13(14)15(18)17-11-10-12-6-2-1-3-7-12/h1-11H,(H,17,18). The van der Waals surface area contributed by atoms with Gasteiger partial charge in [0.05, 0.1) is 5.56 Å². The quantitative estimate of drug-likeness (QED) is 0.878. The van der Waals surface area contributed by atoms with Crippen LogP contribution in [0.1, 0.15) is 15.9 Å². The number of rotatable bonds is 3. The summed E-state index contributed by atoms with van der Waals surface area (Å²) >= 11 is 0.